The molecule has 0 aromatic rings. The molecule has 1 N–H and O–H groups in total. The highest BCUT2D eigenvalue weighted by molar-refractivity contribution is 7.89. The lowest BCUT2D eigenvalue weighted by Crippen LogP contribution is -2.45. The Morgan fingerprint density at radius 2 is 2.17 bits per heavy atom. The van der Waals surface area contributed by atoms with E-state index in [2.05, 4.69) is 5.32 Å². The van der Waals surface area contributed by atoms with Crippen molar-refractivity contribution in [2.45, 2.75) is 45.2 Å². The summed E-state index contributed by atoms with van der Waals surface area (Å²) in [6, 6.07) is 0.324. The van der Waals surface area contributed by atoms with Gasteiger partial charge < -0.3 is 10.1 Å². The normalized spacial score (nSPS) is 21.1. The number of nitrogens with zero attached hydrogens (tertiary/aromatic N) is 1. The Labute approximate surface area is 111 Å². The zero-order valence-corrected chi connectivity index (χ0v) is 12.5. The Hall–Kier alpha value is -0.170. The van der Waals surface area contributed by atoms with E-state index in [1.54, 1.807) is 11.4 Å². The van der Waals surface area contributed by atoms with Crippen LogP contribution in [0.25, 0.3) is 0 Å². The Morgan fingerprint density at radius 3 is 2.67 bits per heavy atom. The van der Waals surface area contributed by atoms with Crippen molar-refractivity contribution in [3.63, 3.8) is 0 Å². The first-order valence-corrected chi connectivity index (χ1v) is 8.30. The van der Waals surface area contributed by atoms with Crippen LogP contribution < -0.4 is 5.32 Å². The second kappa shape index (κ2) is 7.43. The van der Waals surface area contributed by atoms with Gasteiger partial charge in [0.1, 0.15) is 0 Å². The molecule has 1 unspecified atom stereocenters. The maximum Gasteiger partial charge on any atom is 0.214 e. The van der Waals surface area contributed by atoms with Gasteiger partial charge in [-0.1, -0.05) is 0 Å². The quantitative estimate of drug-likeness (QED) is 0.668. The van der Waals surface area contributed by atoms with Gasteiger partial charge in [-0.2, -0.15) is 4.31 Å². The largest absolute Gasteiger partial charge is 0.385 e. The molecule has 18 heavy (non-hydrogen) atoms. The minimum Gasteiger partial charge on any atom is -0.385 e. The van der Waals surface area contributed by atoms with E-state index in [4.69, 9.17) is 4.74 Å². The molecule has 0 radical (unpaired) electrons. The third-order valence-electron chi connectivity index (χ3n) is 3.25. The van der Waals surface area contributed by atoms with Gasteiger partial charge in [-0.3, -0.25) is 0 Å². The van der Waals surface area contributed by atoms with Crippen molar-refractivity contribution >= 4 is 10.0 Å². The van der Waals surface area contributed by atoms with Crippen molar-refractivity contribution in [3.8, 4) is 0 Å². The molecule has 1 atom stereocenters. The summed E-state index contributed by atoms with van der Waals surface area (Å²) < 4.78 is 31.1. The Bertz CT molecular complexity index is 324. The maximum absolute atomic E-state index is 12.3. The Balaban J connectivity index is 2.58. The molecule has 0 amide bonds. The number of sulfonamides is 1. The zero-order valence-electron chi connectivity index (χ0n) is 11.7. The number of hydrogen-bond acceptors (Lipinski definition) is 4. The SMILES string of the molecule is COCCCS(=O)(=O)N(CC1CCCN1)C(C)C. The average molecular weight is 278 g/mol. The third kappa shape index (κ3) is 4.84. The lowest BCUT2D eigenvalue weighted by molar-refractivity contribution is 0.199. The molecule has 0 spiro atoms. The molecule has 0 bridgehead atoms. The molecule has 1 fully saturated rings. The van der Waals surface area contributed by atoms with E-state index in [-0.39, 0.29) is 11.8 Å². The van der Waals surface area contributed by atoms with Crippen LogP contribution in [0.5, 0.6) is 0 Å². The first-order valence-electron chi connectivity index (χ1n) is 6.69. The smallest absolute Gasteiger partial charge is 0.214 e. The standard InChI is InChI=1S/C12H26N2O3S/c1-11(2)14(10-12-6-4-7-13-12)18(15,16)9-5-8-17-3/h11-13H,4-10H2,1-3H3. The van der Waals surface area contributed by atoms with Crippen molar-refractivity contribution < 1.29 is 13.2 Å². The van der Waals surface area contributed by atoms with E-state index in [0.717, 1.165) is 19.4 Å². The van der Waals surface area contributed by atoms with Gasteiger partial charge in [-0.15, -0.1) is 0 Å². The summed E-state index contributed by atoms with van der Waals surface area (Å²) in [5.41, 5.74) is 0. The summed E-state index contributed by atoms with van der Waals surface area (Å²) >= 11 is 0. The van der Waals surface area contributed by atoms with Crippen LogP contribution in [-0.2, 0) is 14.8 Å². The second-order valence-corrected chi connectivity index (χ2v) is 7.16. The second-order valence-electron chi connectivity index (χ2n) is 5.12. The lowest BCUT2D eigenvalue weighted by atomic mass is 10.2. The van der Waals surface area contributed by atoms with Gasteiger partial charge in [0.05, 0.1) is 5.75 Å². The van der Waals surface area contributed by atoms with E-state index in [9.17, 15) is 8.42 Å². The van der Waals surface area contributed by atoms with Gasteiger partial charge in [-0.25, -0.2) is 8.42 Å². The van der Waals surface area contributed by atoms with Crippen LogP contribution in [0.15, 0.2) is 0 Å². The highest BCUT2D eigenvalue weighted by atomic mass is 32.2. The molecule has 6 heteroatoms. The maximum atomic E-state index is 12.3. The fourth-order valence-electron chi connectivity index (χ4n) is 2.28. The van der Waals surface area contributed by atoms with Gasteiger partial charge in [0, 0.05) is 32.3 Å². The molecule has 1 heterocycles. The van der Waals surface area contributed by atoms with Gasteiger partial charge in [0.15, 0.2) is 0 Å². The average Bonchev–Trinajstić information content (AvgIpc) is 2.78. The Kier molecular flexibility index (Phi) is 6.55. The molecule has 0 aromatic carbocycles. The van der Waals surface area contributed by atoms with Crippen molar-refractivity contribution in [2.75, 3.05) is 32.6 Å². The molecule has 1 aliphatic heterocycles. The summed E-state index contributed by atoms with van der Waals surface area (Å²) in [7, 11) is -1.58. The van der Waals surface area contributed by atoms with Crippen LogP contribution >= 0.6 is 0 Å². The molecule has 0 saturated carbocycles. The van der Waals surface area contributed by atoms with Crippen LogP contribution in [0.4, 0.5) is 0 Å². The molecule has 0 aromatic heterocycles. The van der Waals surface area contributed by atoms with Crippen LogP contribution in [0.1, 0.15) is 33.1 Å². The number of hydrogen-bond donors (Lipinski definition) is 1. The molecule has 1 rings (SSSR count). The summed E-state index contributed by atoms with van der Waals surface area (Å²) in [4.78, 5) is 0. The van der Waals surface area contributed by atoms with E-state index in [1.165, 1.54) is 0 Å². The highest BCUT2D eigenvalue weighted by Gasteiger charge is 2.28. The van der Waals surface area contributed by atoms with Crippen LogP contribution in [0, 0.1) is 0 Å². The molecule has 1 saturated heterocycles. The van der Waals surface area contributed by atoms with Gasteiger partial charge >= 0.3 is 0 Å². The molecule has 1 aliphatic rings. The Morgan fingerprint density at radius 1 is 1.44 bits per heavy atom. The third-order valence-corrected chi connectivity index (χ3v) is 5.34. The first kappa shape index (κ1) is 15.9. The van der Waals surface area contributed by atoms with Crippen LogP contribution in [0.3, 0.4) is 0 Å². The first-order chi connectivity index (χ1) is 8.47. The number of methoxy groups -OCH3 is 1. The molecule has 5 nitrogen and oxygen atoms in total. The fraction of sp³-hybridized carbons (Fsp3) is 1.00. The topological polar surface area (TPSA) is 58.6 Å². The lowest BCUT2D eigenvalue weighted by Gasteiger charge is -2.28. The van der Waals surface area contributed by atoms with E-state index in [0.29, 0.717) is 25.6 Å². The van der Waals surface area contributed by atoms with Crippen molar-refractivity contribution in [1.82, 2.24) is 9.62 Å². The fourth-order valence-corrected chi connectivity index (χ4v) is 4.04. The predicted molar refractivity (Wildman–Crippen MR) is 73.1 cm³/mol. The van der Waals surface area contributed by atoms with E-state index < -0.39 is 10.0 Å². The van der Waals surface area contributed by atoms with E-state index >= 15 is 0 Å². The van der Waals surface area contributed by atoms with Gasteiger partial charge in [-0.05, 0) is 39.7 Å². The van der Waals surface area contributed by atoms with Crippen LogP contribution in [0.2, 0.25) is 0 Å². The van der Waals surface area contributed by atoms with Crippen LogP contribution in [-0.4, -0.2) is 57.4 Å². The summed E-state index contributed by atoms with van der Waals surface area (Å²) in [6.45, 7) is 5.95. The van der Waals surface area contributed by atoms with Gasteiger partial charge in [0.25, 0.3) is 0 Å². The highest BCUT2D eigenvalue weighted by Crippen LogP contribution is 2.14. The summed E-state index contributed by atoms with van der Waals surface area (Å²) in [5.74, 6) is 0.172. The van der Waals surface area contributed by atoms with Crippen molar-refractivity contribution in [2.24, 2.45) is 0 Å². The summed E-state index contributed by atoms with van der Waals surface area (Å²) in [6.07, 6.45) is 2.76. The monoisotopic (exact) mass is 278 g/mol. The van der Waals surface area contributed by atoms with E-state index in [1.807, 2.05) is 13.8 Å². The minimum atomic E-state index is -3.17. The number of nitrogens with one attached hydrogen (secondary N) is 1. The predicted octanol–water partition coefficient (Wildman–Crippen LogP) is 0.815. The number of rotatable bonds is 8. The number of ether oxygens (including phenoxy) is 1. The molecule has 0 aliphatic carbocycles. The molecular formula is C12H26N2O3S. The zero-order chi connectivity index (χ0) is 13.6. The molecule has 108 valence electrons. The van der Waals surface area contributed by atoms with Gasteiger partial charge in [0.2, 0.25) is 10.0 Å². The van der Waals surface area contributed by atoms with Crippen molar-refractivity contribution in [1.29, 1.82) is 0 Å². The molecular weight excluding hydrogens is 252 g/mol. The van der Waals surface area contributed by atoms with Crippen molar-refractivity contribution in [3.05, 3.63) is 0 Å². The summed E-state index contributed by atoms with van der Waals surface area (Å²) in [5, 5.41) is 3.35. The minimum absolute atomic E-state index is 0.0138.